The first-order chi connectivity index (χ1) is 9.37. The Morgan fingerprint density at radius 2 is 2.05 bits per heavy atom. The van der Waals surface area contributed by atoms with Gasteiger partial charge in [0, 0.05) is 18.5 Å². The van der Waals surface area contributed by atoms with Crippen LogP contribution in [-0.4, -0.2) is 22.3 Å². The largest absolute Gasteiger partial charge is 0.420 e. The maximum absolute atomic E-state index is 13.7. The highest BCUT2D eigenvalue weighted by molar-refractivity contribution is 6.33. The van der Waals surface area contributed by atoms with Crippen molar-refractivity contribution in [3.05, 3.63) is 34.9 Å². The van der Waals surface area contributed by atoms with Crippen molar-refractivity contribution >= 4 is 11.6 Å². The van der Waals surface area contributed by atoms with E-state index in [1.54, 1.807) is 6.07 Å². The standard InChI is InChI=1S/C14H17ClFN3O/c1-14(2,3)17-8-7-11-18-19-13(20-11)12-9(15)5-4-6-10(12)16/h4-6,17H,7-8H2,1-3H3. The van der Waals surface area contributed by atoms with Gasteiger partial charge in [0.15, 0.2) is 0 Å². The molecule has 1 aromatic heterocycles. The van der Waals surface area contributed by atoms with Crippen LogP contribution < -0.4 is 5.32 Å². The van der Waals surface area contributed by atoms with E-state index in [-0.39, 0.29) is 22.0 Å². The zero-order valence-electron chi connectivity index (χ0n) is 11.7. The van der Waals surface area contributed by atoms with E-state index in [1.165, 1.54) is 12.1 Å². The second kappa shape index (κ2) is 5.89. The Balaban J connectivity index is 2.09. The minimum Gasteiger partial charge on any atom is -0.420 e. The molecule has 0 bridgehead atoms. The lowest BCUT2D eigenvalue weighted by atomic mass is 10.1. The molecule has 0 spiro atoms. The first kappa shape index (κ1) is 14.9. The van der Waals surface area contributed by atoms with Gasteiger partial charge < -0.3 is 9.73 Å². The summed E-state index contributed by atoms with van der Waals surface area (Å²) in [6.45, 7) is 6.93. The molecule has 108 valence electrons. The molecule has 0 radical (unpaired) electrons. The average Bonchev–Trinajstić information content (AvgIpc) is 2.75. The fourth-order valence-corrected chi connectivity index (χ4v) is 1.95. The van der Waals surface area contributed by atoms with Crippen molar-refractivity contribution in [1.82, 2.24) is 15.5 Å². The number of hydrogen-bond acceptors (Lipinski definition) is 4. The molecule has 0 aliphatic rings. The molecule has 2 aromatic rings. The fraction of sp³-hybridized carbons (Fsp3) is 0.429. The zero-order valence-corrected chi connectivity index (χ0v) is 12.5. The van der Waals surface area contributed by atoms with Crippen LogP contribution in [0.5, 0.6) is 0 Å². The van der Waals surface area contributed by atoms with Crippen molar-refractivity contribution in [2.75, 3.05) is 6.54 Å². The molecule has 0 amide bonds. The summed E-state index contributed by atoms with van der Waals surface area (Å²) in [6.07, 6.45) is 0.580. The van der Waals surface area contributed by atoms with E-state index >= 15 is 0 Å². The van der Waals surface area contributed by atoms with Crippen molar-refractivity contribution in [3.8, 4) is 11.5 Å². The molecule has 0 saturated heterocycles. The molecule has 0 saturated carbocycles. The number of nitrogens with zero attached hydrogens (tertiary/aromatic N) is 2. The molecule has 6 heteroatoms. The quantitative estimate of drug-likeness (QED) is 0.939. The van der Waals surface area contributed by atoms with Crippen molar-refractivity contribution in [2.24, 2.45) is 0 Å². The highest BCUT2D eigenvalue weighted by atomic mass is 35.5. The van der Waals surface area contributed by atoms with Gasteiger partial charge in [0.2, 0.25) is 5.89 Å². The summed E-state index contributed by atoms with van der Waals surface area (Å²) in [5.41, 5.74) is 0.175. The van der Waals surface area contributed by atoms with Crippen LogP contribution in [0.3, 0.4) is 0 Å². The van der Waals surface area contributed by atoms with E-state index in [0.29, 0.717) is 18.9 Å². The van der Waals surface area contributed by atoms with Crippen LogP contribution in [0.2, 0.25) is 5.02 Å². The molecular weight excluding hydrogens is 281 g/mol. The monoisotopic (exact) mass is 297 g/mol. The van der Waals surface area contributed by atoms with Crippen LogP contribution in [0.4, 0.5) is 4.39 Å². The van der Waals surface area contributed by atoms with Gasteiger partial charge in [-0.25, -0.2) is 4.39 Å². The summed E-state index contributed by atoms with van der Waals surface area (Å²) < 4.78 is 19.2. The Kier molecular flexibility index (Phi) is 4.40. The third-order valence-electron chi connectivity index (χ3n) is 2.64. The summed E-state index contributed by atoms with van der Waals surface area (Å²) in [5.74, 6) is 0.0930. The number of hydrogen-bond donors (Lipinski definition) is 1. The van der Waals surface area contributed by atoms with Gasteiger partial charge in [-0.3, -0.25) is 0 Å². The van der Waals surface area contributed by atoms with Crippen LogP contribution in [0, 0.1) is 5.82 Å². The van der Waals surface area contributed by atoms with Gasteiger partial charge >= 0.3 is 0 Å². The second-order valence-corrected chi connectivity index (χ2v) is 5.93. The van der Waals surface area contributed by atoms with Gasteiger partial charge in [0.1, 0.15) is 5.82 Å². The van der Waals surface area contributed by atoms with E-state index in [9.17, 15) is 4.39 Å². The Morgan fingerprint density at radius 1 is 1.30 bits per heavy atom. The van der Waals surface area contributed by atoms with E-state index in [1.807, 2.05) is 0 Å². The first-order valence-electron chi connectivity index (χ1n) is 6.38. The maximum atomic E-state index is 13.7. The Hall–Kier alpha value is -1.46. The van der Waals surface area contributed by atoms with Crippen molar-refractivity contribution < 1.29 is 8.81 Å². The van der Waals surface area contributed by atoms with Gasteiger partial charge in [-0.1, -0.05) is 17.7 Å². The molecule has 0 unspecified atom stereocenters. The average molecular weight is 298 g/mol. The normalized spacial score (nSPS) is 11.8. The topological polar surface area (TPSA) is 51.0 Å². The minimum absolute atomic E-state index is 0.0255. The zero-order chi connectivity index (χ0) is 14.8. The van der Waals surface area contributed by atoms with Gasteiger partial charge in [-0.05, 0) is 32.9 Å². The minimum atomic E-state index is -0.472. The molecule has 1 N–H and O–H groups in total. The first-order valence-corrected chi connectivity index (χ1v) is 6.76. The van der Waals surface area contributed by atoms with E-state index in [4.69, 9.17) is 16.0 Å². The molecule has 2 rings (SSSR count). The molecule has 0 atom stereocenters. The van der Waals surface area contributed by atoms with Crippen molar-refractivity contribution in [2.45, 2.75) is 32.7 Å². The Bertz CT molecular complexity index is 572. The number of benzene rings is 1. The third-order valence-corrected chi connectivity index (χ3v) is 2.95. The van der Waals surface area contributed by atoms with E-state index in [2.05, 4.69) is 36.3 Å². The van der Waals surface area contributed by atoms with Crippen molar-refractivity contribution in [3.63, 3.8) is 0 Å². The molecule has 1 heterocycles. The number of nitrogens with one attached hydrogen (secondary N) is 1. The maximum Gasteiger partial charge on any atom is 0.252 e. The molecule has 0 aliphatic carbocycles. The lowest BCUT2D eigenvalue weighted by Crippen LogP contribution is -2.37. The molecular formula is C14H17ClFN3O. The summed E-state index contributed by atoms with van der Waals surface area (Å²) >= 11 is 5.96. The highest BCUT2D eigenvalue weighted by Gasteiger charge is 2.16. The van der Waals surface area contributed by atoms with Crippen LogP contribution >= 0.6 is 11.6 Å². The van der Waals surface area contributed by atoms with Gasteiger partial charge in [0.05, 0.1) is 10.6 Å². The van der Waals surface area contributed by atoms with Gasteiger partial charge in [0.25, 0.3) is 5.89 Å². The van der Waals surface area contributed by atoms with Gasteiger partial charge in [-0.2, -0.15) is 0 Å². The summed E-state index contributed by atoms with van der Waals surface area (Å²) in [7, 11) is 0. The highest BCUT2D eigenvalue weighted by Crippen LogP contribution is 2.29. The van der Waals surface area contributed by atoms with Crippen LogP contribution in [0.15, 0.2) is 22.6 Å². The molecule has 20 heavy (non-hydrogen) atoms. The van der Waals surface area contributed by atoms with Crippen LogP contribution in [-0.2, 0) is 6.42 Å². The van der Waals surface area contributed by atoms with Crippen LogP contribution in [0.25, 0.3) is 11.5 Å². The summed E-state index contributed by atoms with van der Waals surface area (Å²) in [6, 6.07) is 4.43. The molecule has 0 aliphatic heterocycles. The second-order valence-electron chi connectivity index (χ2n) is 5.52. The fourth-order valence-electron chi connectivity index (χ4n) is 1.70. The van der Waals surface area contributed by atoms with E-state index in [0.717, 1.165) is 0 Å². The summed E-state index contributed by atoms with van der Waals surface area (Å²) in [4.78, 5) is 0. The predicted octanol–water partition coefficient (Wildman–Crippen LogP) is 3.46. The smallest absolute Gasteiger partial charge is 0.252 e. The lowest BCUT2D eigenvalue weighted by molar-refractivity contribution is 0.411. The number of rotatable bonds is 4. The Morgan fingerprint density at radius 3 is 2.70 bits per heavy atom. The van der Waals surface area contributed by atoms with Crippen molar-refractivity contribution in [1.29, 1.82) is 0 Å². The molecule has 0 fully saturated rings. The molecule has 1 aromatic carbocycles. The Labute approximate surface area is 122 Å². The SMILES string of the molecule is CC(C)(C)NCCc1nnc(-c2c(F)cccc2Cl)o1. The molecule has 4 nitrogen and oxygen atoms in total. The summed E-state index contributed by atoms with van der Waals surface area (Å²) in [5, 5.41) is 11.3. The van der Waals surface area contributed by atoms with Crippen LogP contribution in [0.1, 0.15) is 26.7 Å². The van der Waals surface area contributed by atoms with Gasteiger partial charge in [-0.15, -0.1) is 10.2 Å². The number of aromatic nitrogens is 2. The number of halogens is 2. The van der Waals surface area contributed by atoms with E-state index < -0.39 is 5.82 Å². The lowest BCUT2D eigenvalue weighted by Gasteiger charge is -2.19. The third kappa shape index (κ3) is 3.77. The predicted molar refractivity (Wildman–Crippen MR) is 76.2 cm³/mol.